The fraction of sp³-hybridized carbons (Fsp3) is 0.833. The van der Waals surface area contributed by atoms with Crippen LogP contribution in [0.5, 0.6) is 0 Å². The highest BCUT2D eigenvalue weighted by molar-refractivity contribution is 5.80. The lowest BCUT2D eigenvalue weighted by Gasteiger charge is -2.28. The smallest absolute Gasteiger partial charge is 0.323 e. The molecule has 1 N–H and O–H groups in total. The van der Waals surface area contributed by atoms with Crippen molar-refractivity contribution in [3.63, 3.8) is 0 Å². The van der Waals surface area contributed by atoms with E-state index in [4.69, 9.17) is 4.74 Å². The molecule has 17 heavy (non-hydrogen) atoms. The second-order valence-corrected chi connectivity index (χ2v) is 5.38. The molecule has 0 radical (unpaired) electrons. The first-order chi connectivity index (χ1) is 7.79. The summed E-state index contributed by atoms with van der Waals surface area (Å²) in [5, 5.41) is 2.78. The summed E-state index contributed by atoms with van der Waals surface area (Å²) in [7, 11) is 0. The van der Waals surface area contributed by atoms with Crippen molar-refractivity contribution in [1.29, 1.82) is 0 Å². The molecule has 1 rings (SSSR count). The highest BCUT2D eigenvalue weighted by Gasteiger charge is 2.28. The molecule has 98 valence electrons. The molecule has 1 aliphatic rings. The molecule has 1 aliphatic heterocycles. The fourth-order valence-electron chi connectivity index (χ4n) is 1.70. The summed E-state index contributed by atoms with van der Waals surface area (Å²) < 4.78 is 5.32. The van der Waals surface area contributed by atoms with Crippen LogP contribution in [0.3, 0.4) is 0 Å². The van der Waals surface area contributed by atoms with E-state index in [9.17, 15) is 9.59 Å². The summed E-state index contributed by atoms with van der Waals surface area (Å²) in [6, 6.07) is -0.377. The number of carbonyl (C=O) groups excluding carboxylic acids is 2. The largest absolute Gasteiger partial charge is 0.459 e. The predicted molar refractivity (Wildman–Crippen MR) is 64.5 cm³/mol. The zero-order valence-electron chi connectivity index (χ0n) is 11.1. The van der Waals surface area contributed by atoms with Crippen molar-refractivity contribution in [3.05, 3.63) is 0 Å². The molecule has 0 saturated carbocycles. The van der Waals surface area contributed by atoms with Crippen LogP contribution in [0.2, 0.25) is 0 Å². The number of carbonyl (C=O) groups is 2. The molecule has 0 spiro atoms. The van der Waals surface area contributed by atoms with Gasteiger partial charge in [-0.25, -0.2) is 0 Å². The normalized spacial score (nSPS) is 20.4. The fourth-order valence-corrected chi connectivity index (χ4v) is 1.70. The Kier molecular flexibility index (Phi) is 4.51. The highest BCUT2D eigenvalue weighted by atomic mass is 16.6. The lowest BCUT2D eigenvalue weighted by atomic mass is 10.2. The van der Waals surface area contributed by atoms with Crippen LogP contribution in [0.4, 0.5) is 0 Å². The molecule has 1 unspecified atom stereocenters. The molecule has 0 aromatic rings. The first-order valence-electron chi connectivity index (χ1n) is 6.03. The average molecular weight is 242 g/mol. The zero-order chi connectivity index (χ0) is 13.1. The molecule has 5 heteroatoms. The van der Waals surface area contributed by atoms with Crippen molar-refractivity contribution in [2.45, 2.75) is 45.8 Å². The quantitative estimate of drug-likeness (QED) is 0.718. The molecule has 5 nitrogen and oxygen atoms in total. The first kappa shape index (κ1) is 14.0. The lowest BCUT2D eigenvalue weighted by Crippen LogP contribution is -2.45. The van der Waals surface area contributed by atoms with Gasteiger partial charge in [0.25, 0.3) is 0 Å². The van der Waals surface area contributed by atoms with Crippen LogP contribution in [0.25, 0.3) is 0 Å². The Morgan fingerprint density at radius 2 is 2.12 bits per heavy atom. The van der Waals surface area contributed by atoms with Gasteiger partial charge in [-0.1, -0.05) is 0 Å². The van der Waals surface area contributed by atoms with Gasteiger partial charge in [0.1, 0.15) is 11.6 Å². The second-order valence-electron chi connectivity index (χ2n) is 5.38. The molecule has 1 atom stereocenters. The standard InChI is InChI=1S/C12H22N2O3/c1-9(11(16)17-12(2,3)4)14-7-5-6-13-10(15)8-14/h9H,5-8H2,1-4H3,(H,13,15). The SMILES string of the molecule is CC(C(=O)OC(C)(C)C)N1CCCNC(=O)C1. The Labute approximate surface area is 102 Å². The van der Waals surface area contributed by atoms with Crippen molar-refractivity contribution < 1.29 is 14.3 Å². The van der Waals surface area contributed by atoms with Crippen molar-refractivity contribution in [2.24, 2.45) is 0 Å². The molecular weight excluding hydrogens is 220 g/mol. The van der Waals surface area contributed by atoms with Gasteiger partial charge in [-0.15, -0.1) is 0 Å². The van der Waals surface area contributed by atoms with Gasteiger partial charge in [0, 0.05) is 13.1 Å². The van der Waals surface area contributed by atoms with E-state index in [2.05, 4.69) is 5.32 Å². The minimum absolute atomic E-state index is 0.0297. The summed E-state index contributed by atoms with van der Waals surface area (Å²) >= 11 is 0. The third-order valence-electron chi connectivity index (χ3n) is 2.59. The molecule has 0 aromatic carbocycles. The van der Waals surface area contributed by atoms with E-state index in [1.54, 1.807) is 6.92 Å². The zero-order valence-corrected chi connectivity index (χ0v) is 11.1. The molecule has 0 aromatic heterocycles. The monoisotopic (exact) mass is 242 g/mol. The van der Waals surface area contributed by atoms with E-state index in [0.717, 1.165) is 13.0 Å². The van der Waals surface area contributed by atoms with Gasteiger partial charge in [0.05, 0.1) is 6.54 Å². The van der Waals surface area contributed by atoms with Crippen molar-refractivity contribution >= 4 is 11.9 Å². The molecule has 1 saturated heterocycles. The summed E-state index contributed by atoms with van der Waals surface area (Å²) in [5.41, 5.74) is -0.487. The summed E-state index contributed by atoms with van der Waals surface area (Å²) in [6.45, 7) is 8.98. The predicted octanol–water partition coefficient (Wildman–Crippen LogP) is 0.539. The Morgan fingerprint density at radius 1 is 1.47 bits per heavy atom. The summed E-state index contributed by atoms with van der Waals surface area (Å²) in [5.74, 6) is -0.301. The Balaban J connectivity index is 2.58. The maximum Gasteiger partial charge on any atom is 0.323 e. The van der Waals surface area contributed by atoms with Crippen molar-refractivity contribution in [3.8, 4) is 0 Å². The molecule has 1 amide bonds. The van der Waals surface area contributed by atoms with E-state index in [1.807, 2.05) is 25.7 Å². The van der Waals surface area contributed by atoms with Gasteiger partial charge in [-0.2, -0.15) is 0 Å². The van der Waals surface area contributed by atoms with Gasteiger partial charge in [-0.3, -0.25) is 14.5 Å². The minimum Gasteiger partial charge on any atom is -0.459 e. The number of hydrogen-bond acceptors (Lipinski definition) is 4. The van der Waals surface area contributed by atoms with Gasteiger partial charge in [0.2, 0.25) is 5.91 Å². The van der Waals surface area contributed by atoms with Gasteiger partial charge in [0.15, 0.2) is 0 Å². The van der Waals surface area contributed by atoms with Crippen LogP contribution in [0.1, 0.15) is 34.1 Å². The van der Waals surface area contributed by atoms with E-state index in [-0.39, 0.29) is 24.5 Å². The van der Waals surface area contributed by atoms with E-state index in [0.29, 0.717) is 6.54 Å². The number of rotatable bonds is 2. The third-order valence-corrected chi connectivity index (χ3v) is 2.59. The summed E-state index contributed by atoms with van der Waals surface area (Å²) in [6.07, 6.45) is 0.860. The Morgan fingerprint density at radius 3 is 2.71 bits per heavy atom. The molecule has 1 fully saturated rings. The van der Waals surface area contributed by atoms with Crippen LogP contribution < -0.4 is 5.32 Å². The van der Waals surface area contributed by atoms with Crippen LogP contribution in [-0.2, 0) is 14.3 Å². The average Bonchev–Trinajstić information content (AvgIpc) is 2.39. The highest BCUT2D eigenvalue weighted by Crippen LogP contribution is 2.12. The number of esters is 1. The van der Waals surface area contributed by atoms with Gasteiger partial charge in [-0.05, 0) is 34.1 Å². The van der Waals surface area contributed by atoms with Crippen LogP contribution in [0.15, 0.2) is 0 Å². The van der Waals surface area contributed by atoms with E-state index in [1.165, 1.54) is 0 Å². The molecular formula is C12H22N2O3. The lowest BCUT2D eigenvalue weighted by molar-refractivity contribution is -0.160. The maximum atomic E-state index is 11.9. The topological polar surface area (TPSA) is 58.6 Å². The van der Waals surface area contributed by atoms with Gasteiger partial charge < -0.3 is 10.1 Å². The van der Waals surface area contributed by atoms with Crippen LogP contribution >= 0.6 is 0 Å². The van der Waals surface area contributed by atoms with Crippen molar-refractivity contribution in [1.82, 2.24) is 10.2 Å². The van der Waals surface area contributed by atoms with E-state index >= 15 is 0 Å². The molecule has 1 heterocycles. The second kappa shape index (κ2) is 5.49. The number of nitrogens with one attached hydrogen (secondary N) is 1. The molecule has 0 bridgehead atoms. The Hall–Kier alpha value is -1.10. The van der Waals surface area contributed by atoms with E-state index < -0.39 is 5.60 Å². The maximum absolute atomic E-state index is 11.9. The minimum atomic E-state index is -0.487. The Bertz CT molecular complexity index is 297. The number of ether oxygens (including phenoxy) is 1. The van der Waals surface area contributed by atoms with Gasteiger partial charge >= 0.3 is 5.97 Å². The number of hydrogen-bond donors (Lipinski definition) is 1. The number of nitrogens with zero attached hydrogens (tertiary/aromatic N) is 1. The first-order valence-corrected chi connectivity index (χ1v) is 6.03. The number of amides is 1. The third kappa shape index (κ3) is 4.73. The van der Waals surface area contributed by atoms with Crippen LogP contribution in [-0.4, -0.2) is 48.1 Å². The van der Waals surface area contributed by atoms with Crippen LogP contribution in [0, 0.1) is 0 Å². The summed E-state index contributed by atoms with van der Waals surface area (Å²) in [4.78, 5) is 25.1. The molecule has 0 aliphatic carbocycles. The van der Waals surface area contributed by atoms with Crippen molar-refractivity contribution in [2.75, 3.05) is 19.6 Å².